The van der Waals surface area contributed by atoms with E-state index in [2.05, 4.69) is 24.8 Å². The van der Waals surface area contributed by atoms with Crippen LogP contribution in [0.2, 0.25) is 0 Å². The Bertz CT molecular complexity index is 1230. The highest BCUT2D eigenvalue weighted by atomic mass is 16.5. The Morgan fingerprint density at radius 3 is 2.81 bits per heavy atom. The fourth-order valence-electron chi connectivity index (χ4n) is 3.90. The predicted octanol–water partition coefficient (Wildman–Crippen LogP) is 2.03. The first-order chi connectivity index (χ1) is 15.7. The highest BCUT2D eigenvalue weighted by Gasteiger charge is 2.21. The summed E-state index contributed by atoms with van der Waals surface area (Å²) in [6.07, 6.45) is 3.07. The zero-order valence-corrected chi connectivity index (χ0v) is 18.0. The molecule has 10 heteroatoms. The summed E-state index contributed by atoms with van der Waals surface area (Å²) in [5, 5.41) is 14.6. The van der Waals surface area contributed by atoms with E-state index in [0.717, 1.165) is 46.9 Å². The molecule has 1 atom stereocenters. The molecule has 2 N–H and O–H groups in total. The molecule has 1 saturated heterocycles. The second-order valence-corrected chi connectivity index (χ2v) is 7.63. The van der Waals surface area contributed by atoms with Gasteiger partial charge in [-0.3, -0.25) is 4.98 Å². The minimum Gasteiger partial charge on any atom is -0.393 e. The molecule has 0 radical (unpaired) electrons. The summed E-state index contributed by atoms with van der Waals surface area (Å²) in [4.78, 5) is 19.2. The number of fused-ring (bicyclic) bond motifs is 1. The minimum absolute atomic E-state index is 0.215. The fourth-order valence-corrected chi connectivity index (χ4v) is 3.90. The Morgan fingerprint density at radius 1 is 1.22 bits per heavy atom. The lowest BCUT2D eigenvalue weighted by Crippen LogP contribution is -2.37. The minimum atomic E-state index is -0.622. The van der Waals surface area contributed by atoms with E-state index >= 15 is 0 Å². The Labute approximate surface area is 184 Å². The van der Waals surface area contributed by atoms with Crippen LogP contribution in [-0.2, 0) is 9.47 Å². The van der Waals surface area contributed by atoms with Crippen molar-refractivity contribution in [2.75, 3.05) is 44.9 Å². The van der Waals surface area contributed by atoms with Gasteiger partial charge in [0.15, 0.2) is 11.6 Å². The van der Waals surface area contributed by atoms with E-state index in [1.165, 1.54) is 7.11 Å². The smallest absolute Gasteiger partial charge is 0.164 e. The van der Waals surface area contributed by atoms with Crippen molar-refractivity contribution in [3.63, 3.8) is 0 Å². The molecule has 1 fully saturated rings. The maximum atomic E-state index is 9.76. The molecule has 0 saturated carbocycles. The number of nitrogens with zero attached hydrogens (tertiary/aromatic N) is 6. The molecular formula is C22H25N7O3. The topological polar surface area (TPSA) is 114 Å². The number of rotatable bonds is 6. The number of anilines is 1. The molecule has 5 heterocycles. The molecule has 1 aliphatic rings. The summed E-state index contributed by atoms with van der Waals surface area (Å²) in [6, 6.07) is 7.81. The molecule has 10 nitrogen and oxygen atoms in total. The third kappa shape index (κ3) is 3.72. The van der Waals surface area contributed by atoms with Crippen LogP contribution in [0.15, 0.2) is 36.7 Å². The summed E-state index contributed by atoms with van der Waals surface area (Å²) < 4.78 is 12.7. The van der Waals surface area contributed by atoms with Gasteiger partial charge in [-0.25, -0.2) is 14.6 Å². The van der Waals surface area contributed by atoms with Gasteiger partial charge < -0.3 is 24.5 Å². The van der Waals surface area contributed by atoms with Crippen LogP contribution >= 0.6 is 0 Å². The standard InChI is InChI=1S/C22H25N7O3/c1-14-10-17(15-12-24-16-4-3-5-23-21(15)16)27-29(14)20-11-19(28-6-8-32-9-7-28)25-22(26-20)18(13-30)31-2/h3-5,10-12,18,24,30H,6-9,13H2,1-2H3/t18-/m0/s1. The fraction of sp³-hybridized carbons (Fsp3) is 0.364. The van der Waals surface area contributed by atoms with Crippen LogP contribution in [0.25, 0.3) is 28.1 Å². The predicted molar refractivity (Wildman–Crippen MR) is 119 cm³/mol. The molecule has 0 bridgehead atoms. The quantitative estimate of drug-likeness (QED) is 0.473. The highest BCUT2D eigenvalue weighted by molar-refractivity contribution is 5.91. The van der Waals surface area contributed by atoms with Gasteiger partial charge in [-0.05, 0) is 25.1 Å². The zero-order valence-electron chi connectivity index (χ0n) is 18.0. The first-order valence-electron chi connectivity index (χ1n) is 10.5. The lowest BCUT2D eigenvalue weighted by atomic mass is 10.2. The second kappa shape index (κ2) is 8.65. The molecule has 32 heavy (non-hydrogen) atoms. The Hall–Kier alpha value is -3.34. The van der Waals surface area contributed by atoms with Crippen molar-refractivity contribution in [2.24, 2.45) is 0 Å². The van der Waals surface area contributed by atoms with E-state index < -0.39 is 6.10 Å². The summed E-state index contributed by atoms with van der Waals surface area (Å²) >= 11 is 0. The summed E-state index contributed by atoms with van der Waals surface area (Å²) in [6.45, 7) is 4.51. The number of ether oxygens (including phenoxy) is 2. The molecular weight excluding hydrogens is 410 g/mol. The van der Waals surface area contributed by atoms with Gasteiger partial charge in [0, 0.05) is 49.9 Å². The summed E-state index contributed by atoms with van der Waals surface area (Å²) in [7, 11) is 1.53. The van der Waals surface area contributed by atoms with Crippen LogP contribution in [0, 0.1) is 6.92 Å². The maximum absolute atomic E-state index is 9.76. The molecule has 5 rings (SSSR count). The molecule has 4 aromatic heterocycles. The maximum Gasteiger partial charge on any atom is 0.164 e. The van der Waals surface area contributed by atoms with Crippen molar-refractivity contribution in [1.29, 1.82) is 0 Å². The van der Waals surface area contributed by atoms with E-state index in [9.17, 15) is 5.11 Å². The van der Waals surface area contributed by atoms with Gasteiger partial charge in [0.25, 0.3) is 0 Å². The molecule has 4 aromatic rings. The van der Waals surface area contributed by atoms with Crippen molar-refractivity contribution in [3.05, 3.63) is 48.2 Å². The van der Waals surface area contributed by atoms with Crippen molar-refractivity contribution < 1.29 is 14.6 Å². The molecule has 0 spiro atoms. The average Bonchev–Trinajstić information content (AvgIpc) is 3.44. The third-order valence-corrected chi connectivity index (χ3v) is 5.61. The molecule has 166 valence electrons. The number of hydrogen-bond acceptors (Lipinski definition) is 8. The molecule has 0 unspecified atom stereocenters. The molecule has 1 aliphatic heterocycles. The van der Waals surface area contributed by atoms with E-state index in [1.54, 1.807) is 10.9 Å². The number of nitrogens with one attached hydrogen (secondary N) is 1. The number of H-pyrrole nitrogens is 1. The summed E-state index contributed by atoms with van der Waals surface area (Å²) in [5.41, 5.74) is 4.47. The van der Waals surface area contributed by atoms with Crippen LogP contribution < -0.4 is 4.90 Å². The van der Waals surface area contributed by atoms with E-state index in [-0.39, 0.29) is 6.61 Å². The number of hydrogen-bond donors (Lipinski definition) is 2. The van der Waals surface area contributed by atoms with Gasteiger partial charge in [-0.1, -0.05) is 0 Å². The second-order valence-electron chi connectivity index (χ2n) is 7.63. The van der Waals surface area contributed by atoms with Crippen molar-refractivity contribution >= 4 is 16.9 Å². The molecule has 0 amide bonds. The van der Waals surface area contributed by atoms with E-state index in [4.69, 9.17) is 14.6 Å². The van der Waals surface area contributed by atoms with E-state index in [0.29, 0.717) is 24.9 Å². The van der Waals surface area contributed by atoms with Crippen molar-refractivity contribution in [1.82, 2.24) is 29.7 Å². The Morgan fingerprint density at radius 2 is 2.03 bits per heavy atom. The first-order valence-corrected chi connectivity index (χ1v) is 10.5. The third-order valence-electron chi connectivity index (χ3n) is 5.61. The Balaban J connectivity index is 1.60. The Kier molecular flexibility index (Phi) is 5.56. The molecule has 0 aromatic carbocycles. The number of aryl methyl sites for hydroxylation is 1. The van der Waals surface area contributed by atoms with Gasteiger partial charge in [0.2, 0.25) is 0 Å². The van der Waals surface area contributed by atoms with Gasteiger partial charge in [0.1, 0.15) is 11.9 Å². The van der Waals surface area contributed by atoms with Crippen LogP contribution in [0.1, 0.15) is 17.6 Å². The normalized spacial score (nSPS) is 15.4. The van der Waals surface area contributed by atoms with Gasteiger partial charge in [-0.15, -0.1) is 0 Å². The van der Waals surface area contributed by atoms with Crippen LogP contribution in [-0.4, -0.2) is 74.8 Å². The lowest BCUT2D eigenvalue weighted by molar-refractivity contribution is 0.0422. The van der Waals surface area contributed by atoms with Crippen molar-refractivity contribution in [2.45, 2.75) is 13.0 Å². The number of aromatic nitrogens is 6. The zero-order chi connectivity index (χ0) is 22.1. The summed E-state index contributed by atoms with van der Waals surface area (Å²) in [5.74, 6) is 1.79. The number of pyridine rings is 1. The van der Waals surface area contributed by atoms with Crippen LogP contribution in [0.3, 0.4) is 0 Å². The first kappa shape index (κ1) is 20.6. The highest BCUT2D eigenvalue weighted by Crippen LogP contribution is 2.28. The number of aliphatic hydroxyl groups excluding tert-OH is 1. The SMILES string of the molecule is CO[C@@H](CO)c1nc(N2CCOCC2)cc(-n2nc(-c3c[nH]c4cccnc34)cc2C)n1. The molecule has 0 aliphatic carbocycles. The monoisotopic (exact) mass is 435 g/mol. The van der Waals surface area contributed by atoms with Crippen molar-refractivity contribution in [3.8, 4) is 17.1 Å². The van der Waals surface area contributed by atoms with Gasteiger partial charge >= 0.3 is 0 Å². The number of aromatic amines is 1. The number of aliphatic hydroxyl groups is 1. The van der Waals surface area contributed by atoms with Gasteiger partial charge in [-0.2, -0.15) is 5.10 Å². The lowest BCUT2D eigenvalue weighted by Gasteiger charge is -2.28. The number of morpholine rings is 1. The van der Waals surface area contributed by atoms with E-state index in [1.807, 2.05) is 37.4 Å². The van der Waals surface area contributed by atoms with Crippen LogP contribution in [0.4, 0.5) is 5.82 Å². The number of methoxy groups -OCH3 is 1. The van der Waals surface area contributed by atoms with Gasteiger partial charge in [0.05, 0.1) is 36.5 Å². The average molecular weight is 435 g/mol. The largest absolute Gasteiger partial charge is 0.393 e. The van der Waals surface area contributed by atoms with Crippen LogP contribution in [0.5, 0.6) is 0 Å².